The number of carbonyl (C=O) groups is 1. The predicted molar refractivity (Wildman–Crippen MR) is 69.0 cm³/mol. The van der Waals surface area contributed by atoms with Crippen LogP contribution in [0.3, 0.4) is 0 Å². The van der Waals surface area contributed by atoms with Gasteiger partial charge >= 0.3 is 0 Å². The van der Waals surface area contributed by atoms with Gasteiger partial charge in [0.05, 0.1) is 17.0 Å². The predicted octanol–water partition coefficient (Wildman–Crippen LogP) is 1.87. The number of rotatable bonds is 2. The van der Waals surface area contributed by atoms with E-state index in [1.165, 1.54) is 0 Å². The second-order valence-electron chi connectivity index (χ2n) is 5.15. The number of hydrogen-bond donors (Lipinski definition) is 2. The molecule has 0 atom stereocenters. The van der Waals surface area contributed by atoms with Crippen LogP contribution in [0.1, 0.15) is 36.8 Å². The summed E-state index contributed by atoms with van der Waals surface area (Å²) < 4.78 is 0. The Morgan fingerprint density at radius 3 is 2.56 bits per heavy atom. The first kappa shape index (κ1) is 12.3. The van der Waals surface area contributed by atoms with Gasteiger partial charge in [-0.15, -0.1) is 0 Å². The Balaban J connectivity index is 2.64. The number of H-pyrrole nitrogens is 1. The van der Waals surface area contributed by atoms with Gasteiger partial charge in [0.15, 0.2) is 0 Å². The minimum Gasteiger partial charge on any atom is -0.365 e. The molecular formula is C13H16N4O. The van der Waals surface area contributed by atoms with Gasteiger partial charge in [0, 0.05) is 11.6 Å². The molecule has 0 aliphatic rings. The number of amides is 1. The molecule has 94 valence electrons. The summed E-state index contributed by atoms with van der Waals surface area (Å²) in [6, 6.07) is 5.46. The third-order valence-corrected chi connectivity index (χ3v) is 2.67. The molecule has 0 saturated carbocycles. The van der Waals surface area contributed by atoms with Crippen molar-refractivity contribution in [1.29, 1.82) is 0 Å². The number of hydrogen-bond acceptors (Lipinski definition) is 3. The number of nitrogens with zero attached hydrogens (tertiary/aromatic N) is 2. The highest BCUT2D eigenvalue weighted by Crippen LogP contribution is 2.29. The van der Waals surface area contributed by atoms with Crippen molar-refractivity contribution in [2.75, 3.05) is 0 Å². The van der Waals surface area contributed by atoms with Crippen LogP contribution in [0, 0.1) is 0 Å². The van der Waals surface area contributed by atoms with Crippen LogP contribution in [0.15, 0.2) is 24.4 Å². The first-order valence-corrected chi connectivity index (χ1v) is 5.71. The molecule has 0 radical (unpaired) electrons. The normalized spacial score (nSPS) is 11.5. The van der Waals surface area contributed by atoms with Gasteiger partial charge in [-0.25, -0.2) is 0 Å². The van der Waals surface area contributed by atoms with Crippen LogP contribution in [0.25, 0.3) is 11.4 Å². The largest absolute Gasteiger partial charge is 0.365 e. The zero-order chi connectivity index (χ0) is 13.3. The Kier molecular flexibility index (Phi) is 2.90. The van der Waals surface area contributed by atoms with E-state index in [4.69, 9.17) is 5.73 Å². The lowest BCUT2D eigenvalue weighted by Gasteiger charge is -2.17. The number of primary amides is 1. The molecule has 5 heteroatoms. The van der Waals surface area contributed by atoms with E-state index in [0.717, 1.165) is 5.69 Å². The molecule has 5 nitrogen and oxygen atoms in total. The monoisotopic (exact) mass is 244 g/mol. The van der Waals surface area contributed by atoms with Crippen molar-refractivity contribution in [3.8, 4) is 11.4 Å². The highest BCUT2D eigenvalue weighted by Gasteiger charge is 2.27. The van der Waals surface area contributed by atoms with Crippen LogP contribution in [0.2, 0.25) is 0 Å². The summed E-state index contributed by atoms with van der Waals surface area (Å²) in [7, 11) is 0. The molecule has 0 fully saturated rings. The third kappa shape index (κ3) is 2.11. The Labute approximate surface area is 105 Å². The molecule has 0 unspecified atom stereocenters. The van der Waals surface area contributed by atoms with Crippen molar-refractivity contribution >= 4 is 5.91 Å². The highest BCUT2D eigenvalue weighted by atomic mass is 16.1. The van der Waals surface area contributed by atoms with E-state index in [0.29, 0.717) is 17.0 Å². The maximum Gasteiger partial charge on any atom is 0.252 e. The number of nitrogens with two attached hydrogens (primary N) is 1. The maximum atomic E-state index is 11.7. The maximum absolute atomic E-state index is 11.7. The van der Waals surface area contributed by atoms with Gasteiger partial charge in [0.25, 0.3) is 5.91 Å². The summed E-state index contributed by atoms with van der Waals surface area (Å²) in [6.07, 6.45) is 1.66. The van der Waals surface area contributed by atoms with Gasteiger partial charge in [0.2, 0.25) is 0 Å². The Morgan fingerprint density at radius 2 is 2.06 bits per heavy atom. The van der Waals surface area contributed by atoms with Gasteiger partial charge in [-0.3, -0.25) is 14.9 Å². The number of pyridine rings is 1. The van der Waals surface area contributed by atoms with Gasteiger partial charge in [-0.05, 0) is 12.1 Å². The minimum atomic E-state index is -0.491. The first-order chi connectivity index (χ1) is 8.41. The molecule has 3 N–H and O–H groups in total. The number of aromatic nitrogens is 3. The Morgan fingerprint density at radius 1 is 1.33 bits per heavy atom. The average Bonchev–Trinajstić information content (AvgIpc) is 2.74. The molecule has 0 aliphatic carbocycles. The summed E-state index contributed by atoms with van der Waals surface area (Å²) >= 11 is 0. The van der Waals surface area contributed by atoms with Gasteiger partial charge in [0.1, 0.15) is 5.69 Å². The zero-order valence-electron chi connectivity index (χ0n) is 10.7. The number of nitrogens with one attached hydrogen (secondary N) is 1. The van der Waals surface area contributed by atoms with E-state index in [1.807, 2.05) is 32.9 Å². The van der Waals surface area contributed by atoms with Crippen LogP contribution < -0.4 is 5.73 Å². The van der Waals surface area contributed by atoms with E-state index < -0.39 is 5.91 Å². The third-order valence-electron chi connectivity index (χ3n) is 2.67. The summed E-state index contributed by atoms with van der Waals surface area (Å²) in [6.45, 7) is 5.99. The Bertz CT molecular complexity index is 566. The highest BCUT2D eigenvalue weighted by molar-refractivity contribution is 6.00. The molecular weight excluding hydrogens is 228 g/mol. The van der Waals surface area contributed by atoms with Crippen LogP contribution in [-0.2, 0) is 5.41 Å². The van der Waals surface area contributed by atoms with Crippen molar-refractivity contribution in [2.45, 2.75) is 26.2 Å². The van der Waals surface area contributed by atoms with E-state index in [9.17, 15) is 4.79 Å². The summed E-state index contributed by atoms with van der Waals surface area (Å²) in [5.41, 5.74) is 7.53. The van der Waals surface area contributed by atoms with Crippen LogP contribution in [0.4, 0.5) is 0 Å². The van der Waals surface area contributed by atoms with Crippen molar-refractivity contribution in [3.05, 3.63) is 35.7 Å². The van der Waals surface area contributed by atoms with E-state index in [-0.39, 0.29) is 5.41 Å². The molecule has 2 aromatic rings. The molecule has 18 heavy (non-hydrogen) atoms. The lowest BCUT2D eigenvalue weighted by Crippen LogP contribution is -2.21. The number of aromatic amines is 1. The molecule has 0 spiro atoms. The van der Waals surface area contributed by atoms with Crippen molar-refractivity contribution in [1.82, 2.24) is 15.2 Å². The Hall–Kier alpha value is -2.17. The molecule has 0 aliphatic heterocycles. The average molecular weight is 244 g/mol. The van der Waals surface area contributed by atoms with Crippen molar-refractivity contribution in [3.63, 3.8) is 0 Å². The van der Waals surface area contributed by atoms with Crippen LogP contribution >= 0.6 is 0 Å². The molecule has 0 aromatic carbocycles. The standard InChI is InChI=1S/C13H16N4O/c1-13(2,3)11-9(12(14)18)10(16-17-11)8-6-4-5-7-15-8/h4-7H,1-3H3,(H2,14,18)(H,16,17). The lowest BCUT2D eigenvalue weighted by atomic mass is 9.88. The molecule has 2 rings (SSSR count). The lowest BCUT2D eigenvalue weighted by molar-refractivity contribution is 0.0999. The van der Waals surface area contributed by atoms with E-state index >= 15 is 0 Å². The summed E-state index contributed by atoms with van der Waals surface area (Å²) in [4.78, 5) is 15.9. The van der Waals surface area contributed by atoms with Gasteiger partial charge in [-0.2, -0.15) is 5.10 Å². The SMILES string of the molecule is CC(C)(C)c1[nH]nc(-c2ccccn2)c1C(N)=O. The van der Waals surface area contributed by atoms with E-state index in [2.05, 4.69) is 15.2 Å². The molecule has 2 heterocycles. The van der Waals surface area contributed by atoms with Gasteiger partial charge in [-0.1, -0.05) is 26.8 Å². The number of carbonyl (C=O) groups excluding carboxylic acids is 1. The molecule has 2 aromatic heterocycles. The summed E-state index contributed by atoms with van der Waals surface area (Å²) in [5, 5.41) is 7.09. The molecule has 0 saturated heterocycles. The molecule has 1 amide bonds. The van der Waals surface area contributed by atoms with Crippen molar-refractivity contribution < 1.29 is 4.79 Å². The second-order valence-corrected chi connectivity index (χ2v) is 5.15. The van der Waals surface area contributed by atoms with Crippen LogP contribution in [-0.4, -0.2) is 21.1 Å². The topological polar surface area (TPSA) is 84.7 Å². The fraction of sp³-hybridized carbons (Fsp3) is 0.308. The van der Waals surface area contributed by atoms with Gasteiger partial charge < -0.3 is 5.73 Å². The second kappa shape index (κ2) is 4.25. The first-order valence-electron chi connectivity index (χ1n) is 5.71. The van der Waals surface area contributed by atoms with E-state index in [1.54, 1.807) is 12.3 Å². The quantitative estimate of drug-likeness (QED) is 0.845. The van der Waals surface area contributed by atoms with Crippen molar-refractivity contribution in [2.24, 2.45) is 5.73 Å². The van der Waals surface area contributed by atoms with Crippen LogP contribution in [0.5, 0.6) is 0 Å². The molecule has 0 bridgehead atoms. The summed E-state index contributed by atoms with van der Waals surface area (Å²) in [5.74, 6) is -0.491. The fourth-order valence-corrected chi connectivity index (χ4v) is 1.81. The minimum absolute atomic E-state index is 0.232. The smallest absolute Gasteiger partial charge is 0.252 e. The fourth-order valence-electron chi connectivity index (χ4n) is 1.81. The zero-order valence-corrected chi connectivity index (χ0v) is 10.7.